The Hall–Kier alpha value is -3.89. The van der Waals surface area contributed by atoms with Crippen molar-refractivity contribution in [3.63, 3.8) is 0 Å². The van der Waals surface area contributed by atoms with E-state index in [1.54, 1.807) is 30.6 Å². The maximum absolute atomic E-state index is 12.5. The number of thiophene rings is 1. The summed E-state index contributed by atoms with van der Waals surface area (Å²) >= 11 is 1.27. The molecule has 0 radical (unpaired) electrons. The maximum Gasteiger partial charge on any atom is 0.348 e. The fourth-order valence-electron chi connectivity index (χ4n) is 4.18. The molecule has 190 valence electrons. The number of ether oxygens (including phenoxy) is 2. The quantitative estimate of drug-likeness (QED) is 0.342. The van der Waals surface area contributed by atoms with Gasteiger partial charge in [-0.1, -0.05) is 18.2 Å². The van der Waals surface area contributed by atoms with Crippen molar-refractivity contribution < 1.29 is 14.3 Å². The van der Waals surface area contributed by atoms with E-state index < -0.39 is 5.97 Å². The van der Waals surface area contributed by atoms with Gasteiger partial charge in [-0.25, -0.2) is 19.4 Å². The van der Waals surface area contributed by atoms with Gasteiger partial charge in [0.05, 0.1) is 30.9 Å². The van der Waals surface area contributed by atoms with Crippen LogP contribution in [-0.4, -0.2) is 64.0 Å². The first-order chi connectivity index (χ1) is 18.0. The molecule has 0 bridgehead atoms. The van der Waals surface area contributed by atoms with Gasteiger partial charge in [0.2, 0.25) is 0 Å². The summed E-state index contributed by atoms with van der Waals surface area (Å²) in [6.07, 6.45) is 5.61. The molecule has 9 nitrogen and oxygen atoms in total. The predicted octanol–water partition coefficient (Wildman–Crippen LogP) is 3.74. The molecule has 0 amide bonds. The highest BCUT2D eigenvalue weighted by Crippen LogP contribution is 2.26. The number of rotatable bonds is 7. The average Bonchev–Trinajstić information content (AvgIpc) is 3.42. The lowest BCUT2D eigenvalue weighted by molar-refractivity contribution is 0.0606. The average molecular weight is 518 g/mol. The standard InChI is InChI=1S/C27H27N5O4S/c1-31-12-10-20(11-13-31)36-21-15-28-26(29-16-21)19-5-3-4-18(14-19)17-32-25(33)9-6-22(30-32)23-7-8-24(37-23)27(34)35-2/h3-9,14-16,20H,10-13,17H2,1-2H3. The molecule has 0 spiro atoms. The summed E-state index contributed by atoms with van der Waals surface area (Å²) in [5.74, 6) is 0.858. The number of aromatic nitrogens is 4. The number of nitrogens with zero attached hydrogens (tertiary/aromatic N) is 5. The molecule has 1 aliphatic heterocycles. The second-order valence-corrected chi connectivity index (χ2v) is 10.0. The minimum Gasteiger partial charge on any atom is -0.487 e. The van der Waals surface area contributed by atoms with Crippen LogP contribution in [0.15, 0.2) is 65.7 Å². The topological polar surface area (TPSA) is 99.4 Å². The van der Waals surface area contributed by atoms with E-state index in [4.69, 9.17) is 9.47 Å². The molecule has 4 heterocycles. The second kappa shape index (κ2) is 11.0. The number of piperidine rings is 1. The summed E-state index contributed by atoms with van der Waals surface area (Å²) < 4.78 is 12.2. The zero-order chi connectivity index (χ0) is 25.8. The van der Waals surface area contributed by atoms with Crippen LogP contribution in [0.1, 0.15) is 28.1 Å². The Kier molecular flexibility index (Phi) is 7.38. The Morgan fingerprint density at radius 2 is 1.86 bits per heavy atom. The van der Waals surface area contributed by atoms with Crippen LogP contribution in [0.2, 0.25) is 0 Å². The van der Waals surface area contributed by atoms with Crippen molar-refractivity contribution in [3.8, 4) is 27.7 Å². The Bertz CT molecular complexity index is 1440. The summed E-state index contributed by atoms with van der Waals surface area (Å²) in [6.45, 7) is 2.34. The van der Waals surface area contributed by atoms with E-state index in [1.807, 2.05) is 24.3 Å². The SMILES string of the molecule is COC(=O)c1ccc(-c2ccc(=O)n(Cc3cccc(-c4ncc(OC5CCN(C)CC5)cn4)c3)n2)s1. The second-order valence-electron chi connectivity index (χ2n) is 8.93. The lowest BCUT2D eigenvalue weighted by atomic mass is 10.1. The fraction of sp³-hybridized carbons (Fsp3) is 0.296. The van der Waals surface area contributed by atoms with Crippen LogP contribution in [0, 0.1) is 0 Å². The Balaban J connectivity index is 1.30. The lowest BCUT2D eigenvalue weighted by Gasteiger charge is -2.29. The summed E-state index contributed by atoms with van der Waals surface area (Å²) in [5, 5.41) is 4.52. The van der Waals surface area contributed by atoms with Crippen molar-refractivity contribution in [1.82, 2.24) is 24.6 Å². The van der Waals surface area contributed by atoms with Gasteiger partial charge in [0.1, 0.15) is 16.7 Å². The number of carbonyl (C=O) groups is 1. The molecule has 0 N–H and O–H groups in total. The third kappa shape index (κ3) is 5.92. The maximum atomic E-state index is 12.5. The van der Waals surface area contributed by atoms with Crippen molar-refractivity contribution in [2.45, 2.75) is 25.5 Å². The predicted molar refractivity (Wildman–Crippen MR) is 141 cm³/mol. The summed E-state index contributed by atoms with van der Waals surface area (Å²) in [6, 6.07) is 14.4. The number of benzene rings is 1. The third-order valence-corrected chi connectivity index (χ3v) is 7.31. The molecule has 0 aliphatic carbocycles. The van der Waals surface area contributed by atoms with Crippen LogP contribution in [0.3, 0.4) is 0 Å². The van der Waals surface area contributed by atoms with E-state index in [-0.39, 0.29) is 18.2 Å². The number of esters is 1. The van der Waals surface area contributed by atoms with E-state index in [9.17, 15) is 9.59 Å². The van der Waals surface area contributed by atoms with E-state index in [0.717, 1.165) is 41.9 Å². The highest BCUT2D eigenvalue weighted by atomic mass is 32.1. The van der Waals surface area contributed by atoms with Crippen molar-refractivity contribution in [2.24, 2.45) is 0 Å². The van der Waals surface area contributed by atoms with Crippen molar-refractivity contribution in [3.05, 3.63) is 81.7 Å². The van der Waals surface area contributed by atoms with Crippen LogP contribution in [0.5, 0.6) is 5.75 Å². The molecule has 4 aromatic rings. The summed E-state index contributed by atoms with van der Waals surface area (Å²) in [7, 11) is 3.47. The van der Waals surface area contributed by atoms with Gasteiger partial charge in [-0.3, -0.25) is 4.79 Å². The van der Waals surface area contributed by atoms with Crippen LogP contribution in [0.4, 0.5) is 0 Å². The molecule has 3 aromatic heterocycles. The third-order valence-electron chi connectivity index (χ3n) is 6.23. The lowest BCUT2D eigenvalue weighted by Crippen LogP contribution is -2.35. The molecular formula is C27H27N5O4S. The van der Waals surface area contributed by atoms with Gasteiger partial charge in [-0.05, 0) is 49.7 Å². The number of hydrogen-bond acceptors (Lipinski definition) is 9. The molecule has 0 unspecified atom stereocenters. The smallest absolute Gasteiger partial charge is 0.348 e. The van der Waals surface area contributed by atoms with Crippen LogP contribution < -0.4 is 10.3 Å². The first-order valence-corrected chi connectivity index (χ1v) is 12.8. The molecule has 37 heavy (non-hydrogen) atoms. The van der Waals surface area contributed by atoms with Gasteiger partial charge < -0.3 is 14.4 Å². The minimum absolute atomic E-state index is 0.191. The summed E-state index contributed by atoms with van der Waals surface area (Å²) in [5.41, 5.74) is 2.12. The normalized spacial score (nSPS) is 14.4. The van der Waals surface area contributed by atoms with Crippen LogP contribution in [-0.2, 0) is 11.3 Å². The van der Waals surface area contributed by atoms with Crippen molar-refractivity contribution >= 4 is 17.3 Å². The van der Waals surface area contributed by atoms with E-state index in [2.05, 4.69) is 27.0 Å². The number of likely N-dealkylation sites (tertiary alicyclic amines) is 1. The molecule has 1 aromatic carbocycles. The monoisotopic (exact) mass is 517 g/mol. The number of hydrogen-bond donors (Lipinski definition) is 0. The Morgan fingerprint density at radius 3 is 2.62 bits per heavy atom. The first kappa shape index (κ1) is 24.8. The minimum atomic E-state index is -0.398. The molecule has 5 rings (SSSR count). The van der Waals surface area contributed by atoms with Gasteiger partial charge in [0.25, 0.3) is 5.56 Å². The molecule has 1 saturated heterocycles. The van der Waals surface area contributed by atoms with Gasteiger partial charge in [-0.15, -0.1) is 11.3 Å². The van der Waals surface area contributed by atoms with Crippen molar-refractivity contribution in [1.29, 1.82) is 0 Å². The van der Waals surface area contributed by atoms with E-state index >= 15 is 0 Å². The summed E-state index contributed by atoms with van der Waals surface area (Å²) in [4.78, 5) is 36.9. The van der Waals surface area contributed by atoms with Gasteiger partial charge in [-0.2, -0.15) is 5.10 Å². The fourth-order valence-corrected chi connectivity index (χ4v) is 5.07. The zero-order valence-corrected chi connectivity index (χ0v) is 21.5. The molecule has 10 heteroatoms. The number of carbonyl (C=O) groups excluding carboxylic acids is 1. The van der Waals surface area contributed by atoms with E-state index in [1.165, 1.54) is 29.2 Å². The zero-order valence-electron chi connectivity index (χ0n) is 20.7. The largest absolute Gasteiger partial charge is 0.487 e. The van der Waals surface area contributed by atoms with Gasteiger partial charge >= 0.3 is 5.97 Å². The molecular weight excluding hydrogens is 490 g/mol. The van der Waals surface area contributed by atoms with Gasteiger partial charge in [0.15, 0.2) is 11.6 Å². The van der Waals surface area contributed by atoms with Crippen LogP contribution in [0.25, 0.3) is 22.0 Å². The van der Waals surface area contributed by atoms with E-state index in [0.29, 0.717) is 22.1 Å². The van der Waals surface area contributed by atoms with Crippen molar-refractivity contribution in [2.75, 3.05) is 27.2 Å². The Labute approximate surface area is 218 Å². The molecule has 0 atom stereocenters. The molecule has 1 fully saturated rings. The van der Waals surface area contributed by atoms with Gasteiger partial charge in [0, 0.05) is 24.7 Å². The molecule has 0 saturated carbocycles. The Morgan fingerprint density at radius 1 is 1.08 bits per heavy atom. The molecule has 1 aliphatic rings. The van der Waals surface area contributed by atoms with Crippen LogP contribution >= 0.6 is 11.3 Å². The number of methoxy groups -OCH3 is 1. The highest BCUT2D eigenvalue weighted by Gasteiger charge is 2.18. The highest BCUT2D eigenvalue weighted by molar-refractivity contribution is 7.17. The first-order valence-electron chi connectivity index (χ1n) is 12.0.